The van der Waals surface area contributed by atoms with Crippen LogP contribution in [-0.2, 0) is 6.42 Å². The van der Waals surface area contributed by atoms with Crippen LogP contribution in [0.1, 0.15) is 30.8 Å². The van der Waals surface area contributed by atoms with Crippen molar-refractivity contribution in [2.75, 3.05) is 13.1 Å². The molecule has 0 aliphatic heterocycles. The van der Waals surface area contributed by atoms with E-state index in [0.717, 1.165) is 45.4 Å². The summed E-state index contributed by atoms with van der Waals surface area (Å²) in [5.41, 5.74) is 3.50. The lowest BCUT2D eigenvalue weighted by Gasteiger charge is -2.15. The molecule has 2 aromatic heterocycles. The van der Waals surface area contributed by atoms with Crippen LogP contribution in [0, 0.1) is 19.8 Å². The molecule has 0 aromatic carbocycles. The zero-order chi connectivity index (χ0) is 15.4. The van der Waals surface area contributed by atoms with Crippen molar-refractivity contribution in [3.63, 3.8) is 0 Å². The van der Waals surface area contributed by atoms with Crippen molar-refractivity contribution in [3.8, 4) is 10.7 Å². The number of aromatic nitrogens is 2. The Kier molecular flexibility index (Phi) is 5.90. The summed E-state index contributed by atoms with van der Waals surface area (Å²) < 4.78 is 1.11. The van der Waals surface area contributed by atoms with Crippen molar-refractivity contribution >= 4 is 27.3 Å². The van der Waals surface area contributed by atoms with Crippen LogP contribution in [0.3, 0.4) is 0 Å². The van der Waals surface area contributed by atoms with E-state index in [4.69, 9.17) is 9.97 Å². The van der Waals surface area contributed by atoms with Gasteiger partial charge in [0.2, 0.25) is 0 Å². The van der Waals surface area contributed by atoms with E-state index in [-0.39, 0.29) is 0 Å². The van der Waals surface area contributed by atoms with E-state index in [9.17, 15) is 0 Å². The lowest BCUT2D eigenvalue weighted by atomic mass is 9.98. The van der Waals surface area contributed by atoms with E-state index in [1.807, 2.05) is 6.07 Å². The van der Waals surface area contributed by atoms with Gasteiger partial charge in [0.15, 0.2) is 5.82 Å². The fourth-order valence-electron chi connectivity index (χ4n) is 2.39. The smallest absolute Gasteiger partial charge is 0.169 e. The van der Waals surface area contributed by atoms with Gasteiger partial charge in [-0.25, -0.2) is 9.97 Å². The minimum absolute atomic E-state index is 0.590. The Morgan fingerprint density at radius 1 is 1.24 bits per heavy atom. The minimum Gasteiger partial charge on any atom is -0.317 e. The number of halogens is 1. The normalized spacial score (nSPS) is 12.6. The molecule has 0 saturated heterocycles. The average molecular weight is 368 g/mol. The summed E-state index contributed by atoms with van der Waals surface area (Å²) in [5.74, 6) is 1.43. The molecule has 2 aromatic rings. The number of hydrogen-bond acceptors (Lipinski definition) is 4. The number of thiophene rings is 1. The molecule has 2 heterocycles. The first kappa shape index (κ1) is 16.6. The van der Waals surface area contributed by atoms with Crippen LogP contribution in [0.15, 0.2) is 15.9 Å². The van der Waals surface area contributed by atoms with Crippen molar-refractivity contribution < 1.29 is 0 Å². The molecule has 21 heavy (non-hydrogen) atoms. The molecule has 0 bridgehead atoms. The first-order valence-electron chi connectivity index (χ1n) is 7.31. The summed E-state index contributed by atoms with van der Waals surface area (Å²) >= 11 is 5.16. The number of rotatable bonds is 6. The van der Waals surface area contributed by atoms with Gasteiger partial charge < -0.3 is 5.32 Å². The summed E-state index contributed by atoms with van der Waals surface area (Å²) in [4.78, 5) is 10.5. The Hall–Kier alpha value is -0.780. The number of hydrogen-bond donors (Lipinski definition) is 1. The van der Waals surface area contributed by atoms with Crippen molar-refractivity contribution in [2.24, 2.45) is 5.92 Å². The van der Waals surface area contributed by atoms with Gasteiger partial charge in [-0.15, -0.1) is 11.3 Å². The highest BCUT2D eigenvalue weighted by atomic mass is 79.9. The van der Waals surface area contributed by atoms with Gasteiger partial charge in [0.1, 0.15) is 0 Å². The molecule has 0 spiro atoms. The molecule has 114 valence electrons. The second-order valence-corrected chi connectivity index (χ2v) is 7.88. The maximum absolute atomic E-state index is 4.71. The van der Waals surface area contributed by atoms with Crippen LogP contribution >= 0.6 is 27.3 Å². The van der Waals surface area contributed by atoms with Crippen LogP contribution in [0.4, 0.5) is 0 Å². The predicted molar refractivity (Wildman–Crippen MR) is 93.9 cm³/mol. The molecule has 1 N–H and O–H groups in total. The molecule has 1 unspecified atom stereocenters. The minimum atomic E-state index is 0.590. The Bertz CT molecular complexity index is 586. The Morgan fingerprint density at radius 2 is 1.90 bits per heavy atom. The fraction of sp³-hybridized carbons (Fsp3) is 0.500. The maximum atomic E-state index is 4.71. The summed E-state index contributed by atoms with van der Waals surface area (Å²) in [7, 11) is 0. The van der Waals surface area contributed by atoms with Gasteiger partial charge in [0, 0.05) is 11.4 Å². The lowest BCUT2D eigenvalue weighted by Crippen LogP contribution is -2.22. The third kappa shape index (κ3) is 4.34. The van der Waals surface area contributed by atoms with E-state index in [0.29, 0.717) is 5.92 Å². The van der Waals surface area contributed by atoms with E-state index in [1.54, 1.807) is 11.3 Å². The predicted octanol–water partition coefficient (Wildman–Crippen LogP) is 4.37. The SMILES string of the molecule is CCNCC(C)Cc1c(C)nc(-c2ccc(Br)s2)nc1C. The Labute approximate surface area is 139 Å². The quantitative estimate of drug-likeness (QED) is 0.823. The second-order valence-electron chi connectivity index (χ2n) is 5.42. The first-order chi connectivity index (χ1) is 10.0. The maximum Gasteiger partial charge on any atom is 0.169 e. The molecule has 3 nitrogen and oxygen atoms in total. The van der Waals surface area contributed by atoms with Crippen LogP contribution in [0.25, 0.3) is 10.7 Å². The van der Waals surface area contributed by atoms with Crippen molar-refractivity contribution in [1.82, 2.24) is 15.3 Å². The summed E-state index contributed by atoms with van der Waals surface area (Å²) in [6.07, 6.45) is 1.03. The zero-order valence-corrected chi connectivity index (χ0v) is 15.4. The van der Waals surface area contributed by atoms with Crippen LogP contribution in [-0.4, -0.2) is 23.1 Å². The molecular weight excluding hydrogens is 346 g/mol. The molecule has 2 rings (SSSR count). The number of aryl methyl sites for hydroxylation is 2. The zero-order valence-electron chi connectivity index (χ0n) is 13.0. The lowest BCUT2D eigenvalue weighted by molar-refractivity contribution is 0.517. The monoisotopic (exact) mass is 367 g/mol. The van der Waals surface area contributed by atoms with Gasteiger partial charge in [0.05, 0.1) is 8.66 Å². The van der Waals surface area contributed by atoms with Gasteiger partial charge >= 0.3 is 0 Å². The average Bonchev–Trinajstić information content (AvgIpc) is 2.87. The van der Waals surface area contributed by atoms with Gasteiger partial charge in [-0.3, -0.25) is 0 Å². The van der Waals surface area contributed by atoms with Gasteiger partial charge in [0.25, 0.3) is 0 Å². The molecule has 0 fully saturated rings. The molecule has 1 atom stereocenters. The van der Waals surface area contributed by atoms with E-state index in [2.05, 4.69) is 55.0 Å². The van der Waals surface area contributed by atoms with Crippen molar-refractivity contribution in [3.05, 3.63) is 32.9 Å². The second kappa shape index (κ2) is 7.47. The van der Waals surface area contributed by atoms with Crippen molar-refractivity contribution in [1.29, 1.82) is 0 Å². The third-order valence-electron chi connectivity index (χ3n) is 3.51. The van der Waals surface area contributed by atoms with Gasteiger partial charge in [-0.2, -0.15) is 0 Å². The molecule has 0 aliphatic carbocycles. The molecule has 0 radical (unpaired) electrons. The van der Waals surface area contributed by atoms with E-state index >= 15 is 0 Å². The molecule has 0 amide bonds. The first-order valence-corrected chi connectivity index (χ1v) is 8.92. The largest absolute Gasteiger partial charge is 0.317 e. The number of nitrogens with one attached hydrogen (secondary N) is 1. The highest BCUT2D eigenvalue weighted by Crippen LogP contribution is 2.30. The van der Waals surface area contributed by atoms with Gasteiger partial charge in [-0.1, -0.05) is 13.8 Å². The van der Waals surface area contributed by atoms with E-state index < -0.39 is 0 Å². The standard InChI is InChI=1S/C16H22BrN3S/c1-5-18-9-10(2)8-13-11(3)19-16(20-12(13)4)14-6-7-15(17)21-14/h6-7,10,18H,5,8-9H2,1-4H3. The fourth-order valence-corrected chi connectivity index (χ4v) is 3.71. The highest BCUT2D eigenvalue weighted by Gasteiger charge is 2.13. The van der Waals surface area contributed by atoms with Crippen molar-refractivity contribution in [2.45, 2.75) is 34.1 Å². The van der Waals surface area contributed by atoms with Crippen LogP contribution < -0.4 is 5.32 Å². The molecule has 0 aliphatic rings. The van der Waals surface area contributed by atoms with Crippen LogP contribution in [0.2, 0.25) is 0 Å². The molecule has 0 saturated carbocycles. The highest BCUT2D eigenvalue weighted by molar-refractivity contribution is 9.11. The summed E-state index contributed by atoms with van der Waals surface area (Å²) in [6, 6.07) is 4.11. The summed E-state index contributed by atoms with van der Waals surface area (Å²) in [5, 5.41) is 3.40. The van der Waals surface area contributed by atoms with E-state index in [1.165, 1.54) is 5.56 Å². The van der Waals surface area contributed by atoms with Gasteiger partial charge in [-0.05, 0) is 72.9 Å². The Balaban J connectivity index is 2.21. The molecule has 5 heteroatoms. The molecular formula is C16H22BrN3S. The number of nitrogens with zero attached hydrogens (tertiary/aromatic N) is 2. The topological polar surface area (TPSA) is 37.8 Å². The summed E-state index contributed by atoms with van der Waals surface area (Å²) in [6.45, 7) is 10.7. The third-order valence-corrected chi connectivity index (χ3v) is 5.13. The van der Waals surface area contributed by atoms with Crippen LogP contribution in [0.5, 0.6) is 0 Å². The Morgan fingerprint density at radius 3 is 2.43 bits per heavy atom.